The highest BCUT2D eigenvalue weighted by molar-refractivity contribution is 6.33. The minimum absolute atomic E-state index is 0.677. The number of nitrogens with two attached hydrogens (primary N) is 1. The van der Waals surface area contributed by atoms with Crippen molar-refractivity contribution in [2.75, 3.05) is 24.5 Å². The molecular formula is C13H19ClN2. The molecule has 0 bridgehead atoms. The highest BCUT2D eigenvalue weighted by Crippen LogP contribution is 2.31. The van der Waals surface area contributed by atoms with E-state index in [1.165, 1.54) is 17.7 Å². The Morgan fingerprint density at radius 2 is 2.31 bits per heavy atom. The summed E-state index contributed by atoms with van der Waals surface area (Å²) in [7, 11) is 0. The number of hydrogen-bond donors (Lipinski definition) is 1. The quantitative estimate of drug-likeness (QED) is 0.878. The van der Waals surface area contributed by atoms with E-state index in [1.54, 1.807) is 0 Å². The van der Waals surface area contributed by atoms with Crippen LogP contribution in [0.25, 0.3) is 0 Å². The maximum atomic E-state index is 6.31. The van der Waals surface area contributed by atoms with Gasteiger partial charge in [-0.2, -0.15) is 0 Å². The van der Waals surface area contributed by atoms with Crippen LogP contribution in [-0.2, 0) is 6.42 Å². The van der Waals surface area contributed by atoms with Crippen LogP contribution in [0.3, 0.4) is 0 Å². The predicted molar refractivity (Wildman–Crippen MR) is 70.2 cm³/mol. The summed E-state index contributed by atoms with van der Waals surface area (Å²) in [6.45, 7) is 5.21. The van der Waals surface area contributed by atoms with E-state index in [1.807, 2.05) is 6.07 Å². The van der Waals surface area contributed by atoms with Gasteiger partial charge in [-0.3, -0.25) is 0 Å². The first kappa shape index (κ1) is 11.7. The third-order valence-corrected chi connectivity index (χ3v) is 3.51. The van der Waals surface area contributed by atoms with Crippen LogP contribution in [0.2, 0.25) is 5.02 Å². The van der Waals surface area contributed by atoms with Crippen LogP contribution in [0, 0.1) is 5.92 Å². The Balaban J connectivity index is 2.16. The highest BCUT2D eigenvalue weighted by atomic mass is 35.5. The molecule has 2 nitrogen and oxygen atoms in total. The van der Waals surface area contributed by atoms with Gasteiger partial charge >= 0.3 is 0 Å². The molecule has 3 heteroatoms. The molecule has 2 rings (SSSR count). The molecule has 0 aromatic heterocycles. The molecule has 0 radical (unpaired) electrons. The molecule has 88 valence electrons. The van der Waals surface area contributed by atoms with Gasteiger partial charge in [0, 0.05) is 13.1 Å². The lowest BCUT2D eigenvalue weighted by Gasteiger charge is -2.20. The van der Waals surface area contributed by atoms with Crippen LogP contribution >= 0.6 is 11.6 Å². The Morgan fingerprint density at radius 1 is 1.50 bits per heavy atom. The summed E-state index contributed by atoms with van der Waals surface area (Å²) in [5.41, 5.74) is 7.93. The summed E-state index contributed by atoms with van der Waals surface area (Å²) in [5, 5.41) is 0.861. The molecule has 1 saturated heterocycles. The zero-order valence-electron chi connectivity index (χ0n) is 9.75. The van der Waals surface area contributed by atoms with Gasteiger partial charge in [-0.15, -0.1) is 0 Å². The van der Waals surface area contributed by atoms with E-state index in [-0.39, 0.29) is 0 Å². The van der Waals surface area contributed by atoms with Gasteiger partial charge in [-0.25, -0.2) is 0 Å². The zero-order valence-corrected chi connectivity index (χ0v) is 10.5. The summed E-state index contributed by atoms with van der Waals surface area (Å²) in [5.74, 6) is 0.778. The lowest BCUT2D eigenvalue weighted by molar-refractivity contribution is 0.659. The normalized spacial score (nSPS) is 20.4. The second-order valence-corrected chi connectivity index (χ2v) is 5.07. The second kappa shape index (κ2) is 5.07. The average Bonchev–Trinajstić information content (AvgIpc) is 2.65. The summed E-state index contributed by atoms with van der Waals surface area (Å²) >= 11 is 6.31. The molecule has 1 aromatic rings. The van der Waals surface area contributed by atoms with E-state index in [2.05, 4.69) is 24.0 Å². The molecular weight excluding hydrogens is 220 g/mol. The summed E-state index contributed by atoms with van der Waals surface area (Å²) in [4.78, 5) is 2.37. The van der Waals surface area contributed by atoms with Crippen LogP contribution in [0.4, 0.5) is 5.69 Å². The Kier molecular flexibility index (Phi) is 3.72. The van der Waals surface area contributed by atoms with Crippen LogP contribution in [0.5, 0.6) is 0 Å². The number of anilines is 1. The lowest BCUT2D eigenvalue weighted by atomic mass is 10.1. The number of nitrogens with zero attached hydrogens (tertiary/aromatic N) is 1. The van der Waals surface area contributed by atoms with E-state index in [0.717, 1.165) is 30.5 Å². The molecule has 1 aliphatic heterocycles. The van der Waals surface area contributed by atoms with Crippen LogP contribution in [-0.4, -0.2) is 19.6 Å². The van der Waals surface area contributed by atoms with Gasteiger partial charge in [0.25, 0.3) is 0 Å². The van der Waals surface area contributed by atoms with Crippen molar-refractivity contribution in [2.24, 2.45) is 11.7 Å². The Labute approximate surface area is 102 Å². The number of halogens is 1. The standard InChI is InChI=1S/C13H19ClN2/c1-10-5-7-16(9-10)13-3-2-11(4-6-15)8-12(13)14/h2-3,8,10H,4-7,9,15H2,1H3. The lowest BCUT2D eigenvalue weighted by Crippen LogP contribution is -2.19. The smallest absolute Gasteiger partial charge is 0.0642 e. The molecule has 16 heavy (non-hydrogen) atoms. The van der Waals surface area contributed by atoms with E-state index in [4.69, 9.17) is 17.3 Å². The van der Waals surface area contributed by atoms with Gasteiger partial charge < -0.3 is 10.6 Å². The fourth-order valence-corrected chi connectivity index (χ4v) is 2.61. The van der Waals surface area contributed by atoms with Gasteiger partial charge in [0.2, 0.25) is 0 Å². The number of benzene rings is 1. The molecule has 1 fully saturated rings. The molecule has 0 spiro atoms. The van der Waals surface area contributed by atoms with Crippen molar-refractivity contribution >= 4 is 17.3 Å². The Hall–Kier alpha value is -0.730. The van der Waals surface area contributed by atoms with Crippen LogP contribution < -0.4 is 10.6 Å². The largest absolute Gasteiger partial charge is 0.370 e. The van der Waals surface area contributed by atoms with E-state index in [0.29, 0.717) is 6.54 Å². The minimum atomic E-state index is 0.677. The molecule has 1 aromatic carbocycles. The summed E-state index contributed by atoms with van der Waals surface area (Å²) in [6.07, 6.45) is 2.16. The molecule has 1 atom stereocenters. The molecule has 0 amide bonds. The average molecular weight is 239 g/mol. The van der Waals surface area contributed by atoms with Crippen molar-refractivity contribution in [3.63, 3.8) is 0 Å². The first-order valence-corrected chi connectivity index (χ1v) is 6.32. The molecule has 1 heterocycles. The van der Waals surface area contributed by atoms with Crippen molar-refractivity contribution in [1.29, 1.82) is 0 Å². The zero-order chi connectivity index (χ0) is 11.5. The van der Waals surface area contributed by atoms with Crippen molar-refractivity contribution in [1.82, 2.24) is 0 Å². The predicted octanol–water partition coefficient (Wildman–Crippen LogP) is 2.69. The van der Waals surface area contributed by atoms with Gasteiger partial charge in [-0.1, -0.05) is 24.6 Å². The van der Waals surface area contributed by atoms with Crippen LogP contribution in [0.1, 0.15) is 18.9 Å². The van der Waals surface area contributed by atoms with Crippen LogP contribution in [0.15, 0.2) is 18.2 Å². The first-order valence-electron chi connectivity index (χ1n) is 5.94. The highest BCUT2D eigenvalue weighted by Gasteiger charge is 2.20. The van der Waals surface area contributed by atoms with Gasteiger partial charge in [0.15, 0.2) is 0 Å². The van der Waals surface area contributed by atoms with E-state index >= 15 is 0 Å². The third kappa shape index (κ3) is 2.50. The van der Waals surface area contributed by atoms with E-state index in [9.17, 15) is 0 Å². The Bertz CT molecular complexity index is 365. The van der Waals surface area contributed by atoms with Crippen molar-refractivity contribution in [3.8, 4) is 0 Å². The molecule has 1 aliphatic rings. The molecule has 1 unspecified atom stereocenters. The van der Waals surface area contributed by atoms with Crippen molar-refractivity contribution < 1.29 is 0 Å². The van der Waals surface area contributed by atoms with Crippen molar-refractivity contribution in [3.05, 3.63) is 28.8 Å². The Morgan fingerprint density at radius 3 is 2.88 bits per heavy atom. The number of rotatable bonds is 3. The number of hydrogen-bond acceptors (Lipinski definition) is 2. The molecule has 0 saturated carbocycles. The summed E-state index contributed by atoms with van der Waals surface area (Å²) < 4.78 is 0. The summed E-state index contributed by atoms with van der Waals surface area (Å²) in [6, 6.07) is 6.31. The fourth-order valence-electron chi connectivity index (χ4n) is 2.28. The molecule has 2 N–H and O–H groups in total. The van der Waals surface area contributed by atoms with Gasteiger partial charge in [0.05, 0.1) is 10.7 Å². The molecule has 0 aliphatic carbocycles. The fraction of sp³-hybridized carbons (Fsp3) is 0.538. The maximum Gasteiger partial charge on any atom is 0.0642 e. The first-order chi connectivity index (χ1) is 7.70. The minimum Gasteiger partial charge on any atom is -0.370 e. The monoisotopic (exact) mass is 238 g/mol. The third-order valence-electron chi connectivity index (χ3n) is 3.21. The van der Waals surface area contributed by atoms with Crippen molar-refractivity contribution in [2.45, 2.75) is 19.8 Å². The van der Waals surface area contributed by atoms with E-state index < -0.39 is 0 Å². The van der Waals surface area contributed by atoms with Gasteiger partial charge in [-0.05, 0) is 43.0 Å². The SMILES string of the molecule is CC1CCN(c2ccc(CCN)cc2Cl)C1. The maximum absolute atomic E-state index is 6.31. The topological polar surface area (TPSA) is 29.3 Å². The van der Waals surface area contributed by atoms with Gasteiger partial charge in [0.1, 0.15) is 0 Å². The second-order valence-electron chi connectivity index (χ2n) is 4.66.